The van der Waals surface area contributed by atoms with Crippen LogP contribution in [0.3, 0.4) is 0 Å². The van der Waals surface area contributed by atoms with Gasteiger partial charge in [-0.25, -0.2) is 0 Å². The van der Waals surface area contributed by atoms with E-state index >= 15 is 0 Å². The van der Waals surface area contributed by atoms with Crippen LogP contribution in [0, 0.1) is 5.92 Å². The van der Waals surface area contributed by atoms with Crippen LogP contribution in [-0.4, -0.2) is 48.3 Å². The number of aliphatic hydroxyl groups is 1. The van der Waals surface area contributed by atoms with Gasteiger partial charge < -0.3 is 15.3 Å². The van der Waals surface area contributed by atoms with Gasteiger partial charge in [-0.15, -0.1) is 0 Å². The molecule has 0 aromatic heterocycles. The Bertz CT molecular complexity index is 162. The zero-order valence-corrected chi connectivity index (χ0v) is 9.78. The Balaban J connectivity index is 1.68. The Labute approximate surface area is 92.8 Å². The minimum absolute atomic E-state index is 0.0411. The Hall–Kier alpha value is -0.120. The van der Waals surface area contributed by atoms with Gasteiger partial charge in [-0.05, 0) is 38.1 Å². The highest BCUT2D eigenvalue weighted by Gasteiger charge is 2.22. The molecule has 2 fully saturated rings. The number of rotatable bonds is 2. The molecule has 3 heteroatoms. The van der Waals surface area contributed by atoms with E-state index in [1.54, 1.807) is 0 Å². The zero-order chi connectivity index (χ0) is 10.7. The van der Waals surface area contributed by atoms with E-state index in [-0.39, 0.29) is 6.10 Å². The maximum atomic E-state index is 9.43. The van der Waals surface area contributed by atoms with Crippen LogP contribution < -0.4 is 5.32 Å². The summed E-state index contributed by atoms with van der Waals surface area (Å²) >= 11 is 0. The molecule has 0 amide bonds. The van der Waals surface area contributed by atoms with Crippen molar-refractivity contribution in [3.8, 4) is 0 Å². The predicted octanol–water partition coefficient (Wildman–Crippen LogP) is 0.831. The first-order valence-electron chi connectivity index (χ1n) is 6.38. The summed E-state index contributed by atoms with van der Waals surface area (Å²) in [5.74, 6) is 0.851. The molecular formula is C12H24N2O. The maximum Gasteiger partial charge on any atom is 0.0564 e. The fourth-order valence-corrected chi connectivity index (χ4v) is 2.63. The highest BCUT2D eigenvalue weighted by atomic mass is 16.3. The topological polar surface area (TPSA) is 35.5 Å². The molecule has 0 aromatic rings. The van der Waals surface area contributed by atoms with Crippen LogP contribution in [-0.2, 0) is 0 Å². The third-order valence-electron chi connectivity index (χ3n) is 3.80. The molecule has 2 aliphatic rings. The molecular weight excluding hydrogens is 188 g/mol. The fourth-order valence-electron chi connectivity index (χ4n) is 2.63. The van der Waals surface area contributed by atoms with Crippen LogP contribution in [0.4, 0.5) is 0 Å². The normalized spacial score (nSPS) is 35.6. The molecule has 2 saturated heterocycles. The molecule has 0 spiro atoms. The Morgan fingerprint density at radius 1 is 1.20 bits per heavy atom. The molecule has 0 radical (unpaired) electrons. The summed E-state index contributed by atoms with van der Waals surface area (Å²) in [6.07, 6.45) is 4.57. The summed E-state index contributed by atoms with van der Waals surface area (Å²) in [4.78, 5) is 2.50. The van der Waals surface area contributed by atoms with Gasteiger partial charge >= 0.3 is 0 Å². The van der Waals surface area contributed by atoms with Crippen LogP contribution in [0.15, 0.2) is 0 Å². The third kappa shape index (κ3) is 3.44. The van der Waals surface area contributed by atoms with Crippen LogP contribution in [0.25, 0.3) is 0 Å². The average molecular weight is 212 g/mol. The number of likely N-dealkylation sites (tertiary alicyclic amines) is 1. The molecule has 88 valence electrons. The van der Waals surface area contributed by atoms with Crippen molar-refractivity contribution < 1.29 is 5.11 Å². The standard InChI is InChI=1S/C12H24N2O/c1-10-2-3-11(13-8-10)9-14-6-4-12(15)5-7-14/h10-13,15H,2-9H2,1H3. The zero-order valence-electron chi connectivity index (χ0n) is 9.78. The monoisotopic (exact) mass is 212 g/mol. The van der Waals surface area contributed by atoms with E-state index in [1.807, 2.05) is 0 Å². The van der Waals surface area contributed by atoms with Crippen LogP contribution in [0.1, 0.15) is 32.6 Å². The van der Waals surface area contributed by atoms with E-state index in [1.165, 1.54) is 25.9 Å². The summed E-state index contributed by atoms with van der Waals surface area (Å²) in [7, 11) is 0. The van der Waals surface area contributed by atoms with Gasteiger partial charge in [-0.3, -0.25) is 0 Å². The van der Waals surface area contributed by atoms with Crippen molar-refractivity contribution in [2.24, 2.45) is 5.92 Å². The molecule has 2 rings (SSSR count). The van der Waals surface area contributed by atoms with Crippen molar-refractivity contribution in [1.82, 2.24) is 10.2 Å². The summed E-state index contributed by atoms with van der Waals surface area (Å²) in [5, 5.41) is 13.0. The Kier molecular flexibility index (Phi) is 4.00. The number of hydrogen-bond donors (Lipinski definition) is 2. The SMILES string of the molecule is CC1CCC(CN2CCC(O)CC2)NC1. The van der Waals surface area contributed by atoms with E-state index in [4.69, 9.17) is 0 Å². The van der Waals surface area contributed by atoms with Crippen molar-refractivity contribution in [2.75, 3.05) is 26.2 Å². The number of nitrogens with one attached hydrogen (secondary N) is 1. The van der Waals surface area contributed by atoms with Crippen molar-refractivity contribution in [3.63, 3.8) is 0 Å². The highest BCUT2D eigenvalue weighted by Crippen LogP contribution is 2.16. The van der Waals surface area contributed by atoms with Crippen molar-refractivity contribution >= 4 is 0 Å². The van der Waals surface area contributed by atoms with Crippen molar-refractivity contribution in [2.45, 2.75) is 44.8 Å². The largest absolute Gasteiger partial charge is 0.393 e. The first-order chi connectivity index (χ1) is 7.24. The predicted molar refractivity (Wildman–Crippen MR) is 61.9 cm³/mol. The average Bonchev–Trinajstić information content (AvgIpc) is 2.25. The third-order valence-corrected chi connectivity index (χ3v) is 3.80. The summed E-state index contributed by atoms with van der Waals surface area (Å²) < 4.78 is 0. The van der Waals surface area contributed by atoms with Gasteiger partial charge in [0.15, 0.2) is 0 Å². The van der Waals surface area contributed by atoms with Crippen LogP contribution >= 0.6 is 0 Å². The van der Waals surface area contributed by atoms with Crippen molar-refractivity contribution in [3.05, 3.63) is 0 Å². The summed E-state index contributed by atoms with van der Waals surface area (Å²) in [5.41, 5.74) is 0. The molecule has 15 heavy (non-hydrogen) atoms. The van der Waals surface area contributed by atoms with Crippen LogP contribution in [0.2, 0.25) is 0 Å². The second-order valence-corrected chi connectivity index (χ2v) is 5.32. The quantitative estimate of drug-likeness (QED) is 0.712. The number of hydrogen-bond acceptors (Lipinski definition) is 3. The Morgan fingerprint density at radius 2 is 1.93 bits per heavy atom. The van der Waals surface area contributed by atoms with Gasteiger partial charge in [0.25, 0.3) is 0 Å². The molecule has 2 aliphatic heterocycles. The van der Waals surface area contributed by atoms with Gasteiger partial charge in [0.05, 0.1) is 6.10 Å². The second-order valence-electron chi connectivity index (χ2n) is 5.32. The summed E-state index contributed by atoms with van der Waals surface area (Å²) in [6, 6.07) is 0.691. The lowest BCUT2D eigenvalue weighted by Crippen LogP contribution is -2.48. The second kappa shape index (κ2) is 5.28. The van der Waals surface area contributed by atoms with E-state index in [2.05, 4.69) is 17.1 Å². The molecule has 2 N–H and O–H groups in total. The van der Waals surface area contributed by atoms with E-state index < -0.39 is 0 Å². The van der Waals surface area contributed by atoms with Crippen LogP contribution in [0.5, 0.6) is 0 Å². The molecule has 0 bridgehead atoms. The Morgan fingerprint density at radius 3 is 2.53 bits per heavy atom. The summed E-state index contributed by atoms with van der Waals surface area (Å²) in [6.45, 7) is 6.84. The number of aliphatic hydroxyl groups excluding tert-OH is 1. The first kappa shape index (κ1) is 11.4. The van der Waals surface area contributed by atoms with Gasteiger partial charge in [0.1, 0.15) is 0 Å². The molecule has 2 unspecified atom stereocenters. The lowest BCUT2D eigenvalue weighted by atomic mass is 9.95. The van der Waals surface area contributed by atoms with Gasteiger partial charge in [0.2, 0.25) is 0 Å². The van der Waals surface area contributed by atoms with Gasteiger partial charge in [-0.1, -0.05) is 6.92 Å². The molecule has 0 saturated carbocycles. The molecule has 0 aliphatic carbocycles. The molecule has 2 heterocycles. The molecule has 2 atom stereocenters. The molecule has 3 nitrogen and oxygen atoms in total. The minimum Gasteiger partial charge on any atom is -0.393 e. The van der Waals surface area contributed by atoms with E-state index in [9.17, 15) is 5.11 Å². The minimum atomic E-state index is -0.0411. The smallest absolute Gasteiger partial charge is 0.0564 e. The lowest BCUT2D eigenvalue weighted by molar-refractivity contribution is 0.0748. The van der Waals surface area contributed by atoms with E-state index in [0.29, 0.717) is 6.04 Å². The van der Waals surface area contributed by atoms with Crippen molar-refractivity contribution in [1.29, 1.82) is 0 Å². The first-order valence-corrected chi connectivity index (χ1v) is 6.38. The number of piperidine rings is 2. The molecule has 0 aromatic carbocycles. The van der Waals surface area contributed by atoms with Gasteiger partial charge in [0, 0.05) is 25.7 Å². The maximum absolute atomic E-state index is 9.43. The number of nitrogens with zero attached hydrogens (tertiary/aromatic N) is 1. The highest BCUT2D eigenvalue weighted by molar-refractivity contribution is 4.81. The van der Waals surface area contributed by atoms with E-state index in [0.717, 1.165) is 31.8 Å². The van der Waals surface area contributed by atoms with Gasteiger partial charge in [-0.2, -0.15) is 0 Å². The lowest BCUT2D eigenvalue weighted by Gasteiger charge is -2.35. The fraction of sp³-hybridized carbons (Fsp3) is 1.00.